The minimum absolute atomic E-state index is 0.358. The van der Waals surface area contributed by atoms with Crippen molar-refractivity contribution in [2.45, 2.75) is 20.8 Å². The van der Waals surface area contributed by atoms with Gasteiger partial charge in [-0.15, -0.1) is 0 Å². The zero-order chi connectivity index (χ0) is 10.2. The number of nitrogens with zero attached hydrogens (tertiary/aromatic N) is 1. The zero-order valence-corrected chi connectivity index (χ0v) is 7.67. The highest BCUT2D eigenvalue weighted by atomic mass is 16.6. The highest BCUT2D eigenvalue weighted by Gasteiger charge is 2.18. The predicted octanol–water partition coefficient (Wildman–Crippen LogP) is 1.21. The molecule has 0 saturated carbocycles. The Hall–Kier alpha value is -1.65. The summed E-state index contributed by atoms with van der Waals surface area (Å²) in [5, 5.41) is 10.5. The molecule has 5 heteroatoms. The monoisotopic (exact) mass is 182 g/mol. The van der Waals surface area contributed by atoms with Gasteiger partial charge in [0.1, 0.15) is 0 Å². The lowest BCUT2D eigenvalue weighted by atomic mass is 10.1. The van der Waals surface area contributed by atoms with Crippen LogP contribution in [0.25, 0.3) is 0 Å². The Morgan fingerprint density at radius 1 is 1.23 bits per heavy atom. The third-order valence-corrected chi connectivity index (χ3v) is 2.18. The van der Waals surface area contributed by atoms with Crippen molar-refractivity contribution in [2.24, 2.45) is 0 Å². The number of nitrogens with one attached hydrogen (secondary N) is 1. The van der Waals surface area contributed by atoms with Gasteiger partial charge in [-0.05, 0) is 26.3 Å². The molecular weight excluding hydrogens is 172 g/mol. The van der Waals surface area contributed by atoms with E-state index in [2.05, 4.69) is 4.98 Å². The number of pyridine rings is 1. The fourth-order valence-electron chi connectivity index (χ4n) is 1.17. The van der Waals surface area contributed by atoms with E-state index in [9.17, 15) is 14.9 Å². The quantitative estimate of drug-likeness (QED) is 0.523. The molecule has 0 saturated heterocycles. The van der Waals surface area contributed by atoms with E-state index in [-0.39, 0.29) is 5.69 Å². The van der Waals surface area contributed by atoms with Crippen molar-refractivity contribution in [3.05, 3.63) is 37.3 Å². The predicted molar refractivity (Wildman–Crippen MR) is 47.9 cm³/mol. The smallest absolute Gasteiger partial charge is 0.320 e. The van der Waals surface area contributed by atoms with Crippen molar-refractivity contribution in [3.8, 4) is 0 Å². The number of aromatic amines is 1. The van der Waals surface area contributed by atoms with Gasteiger partial charge in [0.05, 0.1) is 4.92 Å². The van der Waals surface area contributed by atoms with Crippen LogP contribution in [-0.2, 0) is 0 Å². The molecule has 1 N–H and O–H groups in total. The Bertz CT molecular complexity index is 420. The van der Waals surface area contributed by atoms with Crippen LogP contribution in [0.2, 0.25) is 0 Å². The molecule has 0 fully saturated rings. The number of hydrogen-bond donors (Lipinski definition) is 1. The summed E-state index contributed by atoms with van der Waals surface area (Å²) in [7, 11) is 0. The molecule has 0 bridgehead atoms. The molecule has 0 aliphatic rings. The second-order valence-electron chi connectivity index (χ2n) is 2.93. The molecule has 0 atom stereocenters. The second-order valence-corrected chi connectivity index (χ2v) is 2.93. The van der Waals surface area contributed by atoms with Crippen LogP contribution in [0.1, 0.15) is 16.8 Å². The molecule has 70 valence electrons. The number of aromatic nitrogens is 1. The highest BCUT2D eigenvalue weighted by Crippen LogP contribution is 2.16. The van der Waals surface area contributed by atoms with Crippen LogP contribution in [0.4, 0.5) is 5.69 Å². The molecule has 13 heavy (non-hydrogen) atoms. The van der Waals surface area contributed by atoms with Crippen LogP contribution >= 0.6 is 0 Å². The van der Waals surface area contributed by atoms with Crippen molar-refractivity contribution in [1.29, 1.82) is 0 Å². The Balaban J connectivity index is 3.63. The summed E-state index contributed by atoms with van der Waals surface area (Å²) >= 11 is 0. The lowest BCUT2D eigenvalue weighted by molar-refractivity contribution is -0.386. The molecule has 0 amide bonds. The molecule has 0 radical (unpaired) electrons. The standard InChI is InChI=1S/C8H10N2O3/c1-4-5(2)7(10(12)13)8(11)9-6(4)3/h1-3H3,(H,9,11). The molecule has 5 nitrogen and oxygen atoms in total. The Morgan fingerprint density at radius 3 is 2.23 bits per heavy atom. The Labute approximate surface area is 74.6 Å². The zero-order valence-electron chi connectivity index (χ0n) is 7.67. The van der Waals surface area contributed by atoms with Crippen LogP contribution in [0, 0.1) is 30.9 Å². The van der Waals surface area contributed by atoms with Crippen molar-refractivity contribution in [3.63, 3.8) is 0 Å². The first-order chi connectivity index (χ1) is 5.95. The van der Waals surface area contributed by atoms with Crippen molar-refractivity contribution < 1.29 is 4.92 Å². The summed E-state index contributed by atoms with van der Waals surface area (Å²) in [6.45, 7) is 5.04. The minimum atomic E-state index is -0.652. The van der Waals surface area contributed by atoms with Crippen molar-refractivity contribution in [2.75, 3.05) is 0 Å². The normalized spacial score (nSPS) is 10.1. The summed E-state index contributed by atoms with van der Waals surface area (Å²) in [5.41, 5.74) is 0.874. The molecule has 0 spiro atoms. The largest absolute Gasteiger partial charge is 0.337 e. The molecular formula is C8H10N2O3. The van der Waals surface area contributed by atoms with E-state index < -0.39 is 10.5 Å². The molecule has 0 aliphatic carbocycles. The fourth-order valence-corrected chi connectivity index (χ4v) is 1.17. The van der Waals surface area contributed by atoms with E-state index in [1.165, 1.54) is 0 Å². The maximum Gasteiger partial charge on any atom is 0.337 e. The fraction of sp³-hybridized carbons (Fsp3) is 0.375. The number of nitro groups is 1. The van der Waals surface area contributed by atoms with Gasteiger partial charge in [-0.25, -0.2) is 0 Å². The number of H-pyrrole nitrogens is 1. The van der Waals surface area contributed by atoms with Gasteiger partial charge >= 0.3 is 11.2 Å². The topological polar surface area (TPSA) is 76.0 Å². The van der Waals surface area contributed by atoms with Gasteiger partial charge < -0.3 is 4.98 Å². The average molecular weight is 182 g/mol. The van der Waals surface area contributed by atoms with Gasteiger partial charge in [0.25, 0.3) is 0 Å². The maximum absolute atomic E-state index is 11.2. The first-order valence-electron chi connectivity index (χ1n) is 3.79. The summed E-state index contributed by atoms with van der Waals surface area (Å²) in [6.07, 6.45) is 0. The van der Waals surface area contributed by atoms with Crippen LogP contribution in [0.15, 0.2) is 4.79 Å². The van der Waals surface area contributed by atoms with Crippen molar-refractivity contribution >= 4 is 5.69 Å². The molecule has 1 aromatic rings. The van der Waals surface area contributed by atoms with Gasteiger partial charge in [-0.2, -0.15) is 0 Å². The third-order valence-electron chi connectivity index (χ3n) is 2.18. The Kier molecular flexibility index (Phi) is 2.18. The molecule has 0 aromatic carbocycles. The lowest BCUT2D eigenvalue weighted by Gasteiger charge is -2.03. The Morgan fingerprint density at radius 2 is 1.77 bits per heavy atom. The number of rotatable bonds is 1. The summed E-state index contributed by atoms with van der Waals surface area (Å²) in [4.78, 5) is 23.4. The first-order valence-corrected chi connectivity index (χ1v) is 3.79. The highest BCUT2D eigenvalue weighted by molar-refractivity contribution is 5.43. The van der Waals surface area contributed by atoms with Gasteiger partial charge in [0.15, 0.2) is 0 Å². The van der Waals surface area contributed by atoms with Gasteiger partial charge in [-0.3, -0.25) is 14.9 Å². The number of hydrogen-bond acceptors (Lipinski definition) is 3. The number of aryl methyl sites for hydroxylation is 1. The lowest BCUT2D eigenvalue weighted by Crippen LogP contribution is -2.15. The van der Waals surface area contributed by atoms with Crippen LogP contribution in [0.5, 0.6) is 0 Å². The van der Waals surface area contributed by atoms with Gasteiger partial charge in [-0.1, -0.05) is 0 Å². The van der Waals surface area contributed by atoms with E-state index in [1.807, 2.05) is 0 Å². The van der Waals surface area contributed by atoms with Crippen LogP contribution in [0.3, 0.4) is 0 Å². The summed E-state index contributed by atoms with van der Waals surface area (Å²) in [5.74, 6) is 0. The van der Waals surface area contributed by atoms with E-state index in [1.54, 1.807) is 20.8 Å². The van der Waals surface area contributed by atoms with Gasteiger partial charge in [0, 0.05) is 11.3 Å². The molecule has 1 heterocycles. The average Bonchev–Trinajstić information content (AvgIpc) is 1.99. The molecule has 0 aliphatic heterocycles. The van der Waals surface area contributed by atoms with Crippen LogP contribution < -0.4 is 5.56 Å². The third kappa shape index (κ3) is 1.44. The van der Waals surface area contributed by atoms with Crippen LogP contribution in [-0.4, -0.2) is 9.91 Å². The van der Waals surface area contributed by atoms with E-state index in [0.717, 1.165) is 5.56 Å². The molecule has 0 unspecified atom stereocenters. The first kappa shape index (κ1) is 9.44. The van der Waals surface area contributed by atoms with E-state index in [4.69, 9.17) is 0 Å². The SMILES string of the molecule is Cc1[nH]c(=O)c([N+](=O)[O-])c(C)c1C. The van der Waals surface area contributed by atoms with E-state index in [0.29, 0.717) is 11.3 Å². The molecule has 1 aromatic heterocycles. The summed E-state index contributed by atoms with van der Waals surface area (Å²) < 4.78 is 0. The van der Waals surface area contributed by atoms with Gasteiger partial charge in [0.2, 0.25) is 0 Å². The van der Waals surface area contributed by atoms with Crippen molar-refractivity contribution in [1.82, 2.24) is 4.98 Å². The molecule has 1 rings (SSSR count). The van der Waals surface area contributed by atoms with E-state index >= 15 is 0 Å². The summed E-state index contributed by atoms with van der Waals surface area (Å²) in [6, 6.07) is 0. The minimum Gasteiger partial charge on any atom is -0.320 e. The maximum atomic E-state index is 11.2. The second kappa shape index (κ2) is 3.01.